The summed E-state index contributed by atoms with van der Waals surface area (Å²) in [6.45, 7) is 4.34. The normalized spacial score (nSPS) is 16.0. The third kappa shape index (κ3) is 8.02. The molecule has 0 nitrogen and oxygen atoms in total. The average molecular weight is 242 g/mol. The van der Waals surface area contributed by atoms with Gasteiger partial charge >= 0.3 is 0 Å². The van der Waals surface area contributed by atoms with E-state index in [2.05, 4.69) is 39.1 Å². The van der Waals surface area contributed by atoms with Crippen LogP contribution in [0.1, 0.15) is 26.7 Å². The molecule has 0 aliphatic heterocycles. The van der Waals surface area contributed by atoms with E-state index in [1.165, 1.54) is 11.5 Å². The maximum atomic E-state index is 4.41. The summed E-state index contributed by atoms with van der Waals surface area (Å²) in [5.74, 6) is 2.40. The fourth-order valence-electron chi connectivity index (χ4n) is 0.604. The quantitative estimate of drug-likeness (QED) is 0.396. The molecule has 0 aliphatic rings. The first-order valence-corrected chi connectivity index (χ1v) is 7.43. The second-order valence-electron chi connectivity index (χ2n) is 2.47. The summed E-state index contributed by atoms with van der Waals surface area (Å²) in [5.41, 5.74) is 0. The largest absolute Gasteiger partial charge is 0.165 e. The van der Waals surface area contributed by atoms with Crippen molar-refractivity contribution in [3.8, 4) is 0 Å². The van der Waals surface area contributed by atoms with E-state index < -0.39 is 0 Å². The van der Waals surface area contributed by atoms with Crippen molar-refractivity contribution in [2.45, 2.75) is 35.9 Å². The Kier molecular flexibility index (Phi) is 10.0. The lowest BCUT2D eigenvalue weighted by atomic mass is 10.6. The molecule has 4 heteroatoms. The first kappa shape index (κ1) is 13.4. The molecule has 12 heavy (non-hydrogen) atoms. The van der Waals surface area contributed by atoms with Gasteiger partial charge in [-0.2, -0.15) is 25.3 Å². The van der Waals surface area contributed by atoms with Crippen LogP contribution in [-0.2, 0) is 0 Å². The molecule has 0 rings (SSSR count). The second kappa shape index (κ2) is 8.97. The molecule has 0 aromatic carbocycles. The van der Waals surface area contributed by atoms with E-state index in [0.29, 0.717) is 9.16 Å². The van der Waals surface area contributed by atoms with Gasteiger partial charge in [0.2, 0.25) is 0 Å². The highest BCUT2D eigenvalue weighted by Gasteiger charge is 2.02. The Balaban J connectivity index is 3.10. The Morgan fingerprint density at radius 3 is 1.50 bits per heavy atom. The highest BCUT2D eigenvalue weighted by molar-refractivity contribution is 8.13. The molecule has 0 radical (unpaired) electrons. The molecule has 0 aromatic heterocycles. The van der Waals surface area contributed by atoms with Crippen molar-refractivity contribution in [2.75, 3.05) is 11.5 Å². The van der Waals surface area contributed by atoms with Gasteiger partial charge in [-0.15, -0.1) is 23.5 Å². The first-order valence-electron chi connectivity index (χ1n) is 4.30. The number of hydrogen-bond acceptors (Lipinski definition) is 4. The summed E-state index contributed by atoms with van der Waals surface area (Å²) in [6.07, 6.45) is 2.30. The van der Waals surface area contributed by atoms with Crippen molar-refractivity contribution in [3.05, 3.63) is 0 Å². The van der Waals surface area contributed by atoms with Gasteiger partial charge in [-0.3, -0.25) is 0 Å². The molecule has 0 amide bonds. The van der Waals surface area contributed by atoms with E-state index in [-0.39, 0.29) is 0 Å². The summed E-state index contributed by atoms with van der Waals surface area (Å²) in [4.78, 5) is 0. The van der Waals surface area contributed by atoms with E-state index >= 15 is 0 Å². The summed E-state index contributed by atoms with van der Waals surface area (Å²) in [7, 11) is 0. The maximum Gasteiger partial charge on any atom is 0.0470 e. The Hall–Kier alpha value is 1.40. The Labute approximate surface area is 95.9 Å². The summed E-state index contributed by atoms with van der Waals surface area (Å²) < 4.78 is 1.04. The van der Waals surface area contributed by atoms with Gasteiger partial charge < -0.3 is 0 Å². The van der Waals surface area contributed by atoms with Crippen LogP contribution in [0, 0.1) is 0 Å². The van der Waals surface area contributed by atoms with Crippen molar-refractivity contribution >= 4 is 48.8 Å². The van der Waals surface area contributed by atoms with Gasteiger partial charge in [0.25, 0.3) is 0 Å². The summed E-state index contributed by atoms with van der Waals surface area (Å²) in [5, 5.41) is 0. The Morgan fingerprint density at radius 1 is 0.917 bits per heavy atom. The van der Waals surface area contributed by atoms with Crippen LogP contribution in [0.2, 0.25) is 0 Å². The lowest BCUT2D eigenvalue weighted by Crippen LogP contribution is -1.97. The van der Waals surface area contributed by atoms with Gasteiger partial charge in [-0.05, 0) is 12.8 Å². The van der Waals surface area contributed by atoms with Gasteiger partial charge in [0.1, 0.15) is 0 Å². The zero-order chi connectivity index (χ0) is 9.40. The number of thiol groups is 2. The van der Waals surface area contributed by atoms with Crippen molar-refractivity contribution in [1.82, 2.24) is 0 Å². The van der Waals surface area contributed by atoms with Crippen LogP contribution < -0.4 is 0 Å². The minimum Gasteiger partial charge on any atom is -0.165 e. The van der Waals surface area contributed by atoms with Gasteiger partial charge in [0.15, 0.2) is 0 Å². The van der Waals surface area contributed by atoms with Crippen LogP contribution in [0.15, 0.2) is 0 Å². The molecule has 0 saturated carbocycles. The van der Waals surface area contributed by atoms with Crippen molar-refractivity contribution < 1.29 is 0 Å². The van der Waals surface area contributed by atoms with Gasteiger partial charge in [-0.25, -0.2) is 0 Å². The fourth-order valence-corrected chi connectivity index (χ4v) is 3.02. The molecule has 2 atom stereocenters. The average Bonchev–Trinajstić information content (AvgIpc) is 2.11. The highest BCUT2D eigenvalue weighted by atomic mass is 32.2. The van der Waals surface area contributed by atoms with Gasteiger partial charge in [-0.1, -0.05) is 13.8 Å². The lowest BCUT2D eigenvalue weighted by molar-refractivity contribution is 1.06. The molecular weight excluding hydrogens is 224 g/mol. The van der Waals surface area contributed by atoms with Crippen LogP contribution in [0.25, 0.3) is 0 Å². The van der Waals surface area contributed by atoms with Gasteiger partial charge in [0.05, 0.1) is 0 Å². The summed E-state index contributed by atoms with van der Waals surface area (Å²) >= 11 is 12.7. The SMILES string of the molecule is CCC(S)SCCSC(S)CC. The zero-order valence-electron chi connectivity index (χ0n) is 7.69. The van der Waals surface area contributed by atoms with Crippen LogP contribution in [-0.4, -0.2) is 20.7 Å². The Bertz CT molecular complexity index is 85.1. The van der Waals surface area contributed by atoms with E-state index in [9.17, 15) is 0 Å². The van der Waals surface area contributed by atoms with Crippen molar-refractivity contribution in [1.29, 1.82) is 0 Å². The third-order valence-electron chi connectivity index (χ3n) is 1.40. The van der Waals surface area contributed by atoms with E-state index in [1.807, 2.05) is 23.5 Å². The standard InChI is InChI=1S/C8H18S4/c1-3-7(9)11-5-6-12-8(10)4-2/h7-10H,3-6H2,1-2H3. The molecule has 2 unspecified atom stereocenters. The molecule has 0 N–H and O–H groups in total. The maximum absolute atomic E-state index is 4.41. The van der Waals surface area contributed by atoms with Crippen LogP contribution in [0.3, 0.4) is 0 Å². The molecule has 0 aromatic rings. The molecule has 0 saturated heterocycles. The molecule has 0 bridgehead atoms. The van der Waals surface area contributed by atoms with Gasteiger partial charge in [0, 0.05) is 20.7 Å². The second-order valence-corrected chi connectivity index (χ2v) is 7.03. The highest BCUT2D eigenvalue weighted by Crippen LogP contribution is 2.22. The lowest BCUT2D eigenvalue weighted by Gasteiger charge is -2.09. The molecule has 74 valence electrons. The smallest absolute Gasteiger partial charge is 0.0470 e. The topological polar surface area (TPSA) is 0 Å². The van der Waals surface area contributed by atoms with Crippen LogP contribution >= 0.6 is 48.8 Å². The molecular formula is C8H18S4. The minimum absolute atomic E-state index is 0.519. The molecule has 0 heterocycles. The van der Waals surface area contributed by atoms with Crippen LogP contribution in [0.4, 0.5) is 0 Å². The molecule has 0 fully saturated rings. The summed E-state index contributed by atoms with van der Waals surface area (Å²) in [6, 6.07) is 0. The number of thioether (sulfide) groups is 2. The number of hydrogen-bond donors (Lipinski definition) is 2. The van der Waals surface area contributed by atoms with E-state index in [1.54, 1.807) is 0 Å². The van der Waals surface area contributed by atoms with E-state index in [0.717, 1.165) is 12.8 Å². The zero-order valence-corrected chi connectivity index (χ0v) is 11.1. The minimum atomic E-state index is 0.519. The predicted octanol–water partition coefficient (Wildman–Crippen LogP) is 3.78. The molecule has 0 aliphatic carbocycles. The Morgan fingerprint density at radius 2 is 1.25 bits per heavy atom. The monoisotopic (exact) mass is 242 g/mol. The third-order valence-corrected chi connectivity index (χ3v) is 5.60. The first-order chi connectivity index (χ1) is 5.70. The van der Waals surface area contributed by atoms with E-state index in [4.69, 9.17) is 0 Å². The predicted molar refractivity (Wildman–Crippen MR) is 71.0 cm³/mol. The van der Waals surface area contributed by atoms with Crippen LogP contribution in [0.5, 0.6) is 0 Å². The van der Waals surface area contributed by atoms with Crippen molar-refractivity contribution in [2.24, 2.45) is 0 Å². The fraction of sp³-hybridized carbons (Fsp3) is 1.00. The van der Waals surface area contributed by atoms with Crippen molar-refractivity contribution in [3.63, 3.8) is 0 Å². The number of rotatable bonds is 7. The molecule has 0 spiro atoms.